The fraction of sp³-hybridized carbons (Fsp3) is 0.0667. The number of rotatable bonds is 3. The SMILES string of the molecule is Nc1ccc(Br)cc1C(=O)Cc1nc2ccccc2s1. The second-order valence-electron chi connectivity index (χ2n) is 4.41. The van der Waals surface area contributed by atoms with E-state index in [1.54, 1.807) is 23.5 Å². The standard InChI is InChI=1S/C15H11BrN2OS/c16-9-5-6-11(17)10(7-9)13(19)8-15-18-12-3-1-2-4-14(12)20-15/h1-7H,8,17H2. The number of benzene rings is 2. The van der Waals surface area contributed by atoms with Crippen LogP contribution in [0.25, 0.3) is 10.2 Å². The molecule has 0 saturated heterocycles. The Hall–Kier alpha value is -1.72. The number of carbonyl (C=O) groups is 1. The molecule has 0 bridgehead atoms. The van der Waals surface area contributed by atoms with Crippen LogP contribution in [0.4, 0.5) is 5.69 Å². The third-order valence-corrected chi connectivity index (χ3v) is 4.50. The Bertz CT molecular complexity index is 764. The number of nitrogen functional groups attached to an aromatic ring is 1. The van der Waals surface area contributed by atoms with Crippen molar-refractivity contribution >= 4 is 49.0 Å². The summed E-state index contributed by atoms with van der Waals surface area (Å²) in [7, 11) is 0. The maximum Gasteiger partial charge on any atom is 0.171 e. The molecular weight excluding hydrogens is 336 g/mol. The van der Waals surface area contributed by atoms with Crippen LogP contribution >= 0.6 is 27.3 Å². The van der Waals surface area contributed by atoms with Crippen LogP contribution < -0.4 is 5.73 Å². The molecule has 5 heteroatoms. The summed E-state index contributed by atoms with van der Waals surface area (Å²) in [5, 5.41) is 0.815. The van der Waals surface area contributed by atoms with Gasteiger partial charge in [0.05, 0.1) is 16.6 Å². The normalized spacial score (nSPS) is 10.8. The second kappa shape index (κ2) is 5.34. The number of fused-ring (bicyclic) bond motifs is 1. The van der Waals surface area contributed by atoms with Crippen LogP contribution in [0.5, 0.6) is 0 Å². The maximum atomic E-state index is 12.3. The number of hydrogen-bond donors (Lipinski definition) is 1. The van der Waals surface area contributed by atoms with Gasteiger partial charge in [-0.3, -0.25) is 4.79 Å². The van der Waals surface area contributed by atoms with Crippen molar-refractivity contribution in [1.29, 1.82) is 0 Å². The molecule has 0 aliphatic heterocycles. The molecule has 20 heavy (non-hydrogen) atoms. The lowest BCUT2D eigenvalue weighted by atomic mass is 10.1. The fourth-order valence-electron chi connectivity index (χ4n) is 2.00. The lowest BCUT2D eigenvalue weighted by Crippen LogP contribution is -2.06. The van der Waals surface area contributed by atoms with Gasteiger partial charge in [0.15, 0.2) is 5.78 Å². The van der Waals surface area contributed by atoms with Crippen molar-refractivity contribution in [1.82, 2.24) is 4.98 Å². The summed E-state index contributed by atoms with van der Waals surface area (Å²) >= 11 is 4.90. The minimum absolute atomic E-state index is 0.0112. The molecule has 100 valence electrons. The molecule has 0 aliphatic rings. The Morgan fingerprint density at radius 1 is 1.25 bits per heavy atom. The summed E-state index contributed by atoms with van der Waals surface area (Å²) < 4.78 is 1.94. The van der Waals surface area contributed by atoms with Gasteiger partial charge in [-0.2, -0.15) is 0 Å². The molecule has 3 nitrogen and oxygen atoms in total. The minimum Gasteiger partial charge on any atom is -0.398 e. The number of halogens is 1. The van der Waals surface area contributed by atoms with E-state index in [9.17, 15) is 4.79 Å². The Morgan fingerprint density at radius 3 is 2.85 bits per heavy atom. The molecule has 0 amide bonds. The third kappa shape index (κ3) is 2.59. The molecule has 2 N–H and O–H groups in total. The first-order valence-corrected chi connectivity index (χ1v) is 7.67. The Labute approximate surface area is 128 Å². The van der Waals surface area contributed by atoms with Crippen molar-refractivity contribution in [3.8, 4) is 0 Å². The largest absolute Gasteiger partial charge is 0.398 e. The van der Waals surface area contributed by atoms with Crippen LogP contribution in [0.1, 0.15) is 15.4 Å². The average molecular weight is 347 g/mol. The number of ketones is 1. The zero-order valence-electron chi connectivity index (χ0n) is 10.5. The quantitative estimate of drug-likeness (QED) is 0.574. The average Bonchev–Trinajstić information content (AvgIpc) is 2.83. The number of hydrogen-bond acceptors (Lipinski definition) is 4. The van der Waals surface area contributed by atoms with Crippen LogP contribution in [0.2, 0.25) is 0 Å². The van der Waals surface area contributed by atoms with Crippen molar-refractivity contribution < 1.29 is 4.79 Å². The molecule has 0 saturated carbocycles. The molecule has 1 aromatic heterocycles. The van der Waals surface area contributed by atoms with E-state index in [4.69, 9.17) is 5.73 Å². The molecule has 2 aromatic carbocycles. The number of nitrogens with two attached hydrogens (primary N) is 1. The summed E-state index contributed by atoms with van der Waals surface area (Å²) in [4.78, 5) is 16.8. The topological polar surface area (TPSA) is 56.0 Å². The summed E-state index contributed by atoms with van der Waals surface area (Å²) in [6, 6.07) is 13.2. The predicted octanol–water partition coefficient (Wildman–Crippen LogP) is 4.07. The molecule has 1 heterocycles. The van der Waals surface area contributed by atoms with E-state index in [1.165, 1.54) is 0 Å². The summed E-state index contributed by atoms with van der Waals surface area (Å²) in [6.07, 6.45) is 0.278. The molecule has 0 aliphatic carbocycles. The number of para-hydroxylation sites is 1. The first kappa shape index (κ1) is 13.3. The number of carbonyl (C=O) groups excluding carboxylic acids is 1. The number of anilines is 1. The van der Waals surface area contributed by atoms with Crippen molar-refractivity contribution in [3.05, 3.63) is 57.5 Å². The predicted molar refractivity (Wildman–Crippen MR) is 86.2 cm³/mol. The summed E-state index contributed by atoms with van der Waals surface area (Å²) in [6.45, 7) is 0. The Morgan fingerprint density at radius 2 is 2.05 bits per heavy atom. The molecule has 0 atom stereocenters. The van der Waals surface area contributed by atoms with Crippen LogP contribution in [0.3, 0.4) is 0 Å². The summed E-state index contributed by atoms with van der Waals surface area (Å²) in [5.74, 6) is -0.0112. The van der Waals surface area contributed by atoms with E-state index in [1.807, 2.05) is 30.3 Å². The molecule has 3 aromatic rings. The van der Waals surface area contributed by atoms with Gasteiger partial charge in [-0.1, -0.05) is 28.1 Å². The Balaban J connectivity index is 1.90. The highest BCUT2D eigenvalue weighted by Gasteiger charge is 2.14. The van der Waals surface area contributed by atoms with E-state index in [0.29, 0.717) is 11.3 Å². The van der Waals surface area contributed by atoms with Gasteiger partial charge < -0.3 is 5.73 Å². The molecule has 0 unspecified atom stereocenters. The second-order valence-corrected chi connectivity index (χ2v) is 6.44. The van der Waals surface area contributed by atoms with E-state index in [0.717, 1.165) is 19.7 Å². The third-order valence-electron chi connectivity index (χ3n) is 2.97. The highest BCUT2D eigenvalue weighted by atomic mass is 79.9. The van der Waals surface area contributed by atoms with E-state index >= 15 is 0 Å². The van der Waals surface area contributed by atoms with Crippen LogP contribution in [-0.2, 0) is 6.42 Å². The maximum absolute atomic E-state index is 12.3. The molecule has 0 radical (unpaired) electrons. The van der Waals surface area contributed by atoms with Gasteiger partial charge >= 0.3 is 0 Å². The van der Waals surface area contributed by atoms with Crippen LogP contribution in [0, 0.1) is 0 Å². The monoisotopic (exact) mass is 346 g/mol. The van der Waals surface area contributed by atoms with Gasteiger partial charge in [-0.25, -0.2) is 4.98 Å². The van der Waals surface area contributed by atoms with Crippen molar-refractivity contribution in [3.63, 3.8) is 0 Å². The number of Topliss-reactive ketones (excluding diaryl/α,β-unsaturated/α-hetero) is 1. The van der Waals surface area contributed by atoms with Crippen molar-refractivity contribution in [2.24, 2.45) is 0 Å². The number of aromatic nitrogens is 1. The Kier molecular flexibility index (Phi) is 3.54. The van der Waals surface area contributed by atoms with Gasteiger partial charge in [0.25, 0.3) is 0 Å². The zero-order chi connectivity index (χ0) is 14.1. The fourth-order valence-corrected chi connectivity index (χ4v) is 3.33. The zero-order valence-corrected chi connectivity index (χ0v) is 12.9. The summed E-state index contributed by atoms with van der Waals surface area (Å²) in [5.41, 5.74) is 7.83. The molecule has 0 spiro atoms. The first-order chi connectivity index (χ1) is 9.63. The van der Waals surface area contributed by atoms with Gasteiger partial charge in [-0.05, 0) is 30.3 Å². The van der Waals surface area contributed by atoms with Crippen LogP contribution in [-0.4, -0.2) is 10.8 Å². The van der Waals surface area contributed by atoms with Gasteiger partial charge in [0.1, 0.15) is 5.01 Å². The highest BCUT2D eigenvalue weighted by molar-refractivity contribution is 9.10. The van der Waals surface area contributed by atoms with Gasteiger partial charge in [0.2, 0.25) is 0 Å². The molecular formula is C15H11BrN2OS. The van der Waals surface area contributed by atoms with E-state index < -0.39 is 0 Å². The van der Waals surface area contributed by atoms with E-state index in [-0.39, 0.29) is 12.2 Å². The van der Waals surface area contributed by atoms with Gasteiger partial charge in [-0.15, -0.1) is 11.3 Å². The lowest BCUT2D eigenvalue weighted by molar-refractivity contribution is 0.0994. The highest BCUT2D eigenvalue weighted by Crippen LogP contribution is 2.24. The molecule has 3 rings (SSSR count). The number of thiazole rings is 1. The lowest BCUT2D eigenvalue weighted by Gasteiger charge is -2.04. The number of nitrogens with zero attached hydrogens (tertiary/aromatic N) is 1. The first-order valence-electron chi connectivity index (χ1n) is 6.06. The minimum atomic E-state index is -0.0112. The van der Waals surface area contributed by atoms with Crippen molar-refractivity contribution in [2.45, 2.75) is 6.42 Å². The van der Waals surface area contributed by atoms with E-state index in [2.05, 4.69) is 20.9 Å². The molecule has 0 fully saturated rings. The van der Waals surface area contributed by atoms with Gasteiger partial charge in [0, 0.05) is 15.7 Å². The van der Waals surface area contributed by atoms with Crippen molar-refractivity contribution in [2.75, 3.05) is 5.73 Å². The smallest absolute Gasteiger partial charge is 0.171 e. The van der Waals surface area contributed by atoms with Crippen LogP contribution in [0.15, 0.2) is 46.9 Å².